The quantitative estimate of drug-likeness (QED) is 0.529. The van der Waals surface area contributed by atoms with E-state index in [1.165, 1.54) is 11.5 Å². The lowest BCUT2D eigenvalue weighted by Crippen LogP contribution is -2.08. The number of carbonyl (C=O) groups is 1. The highest BCUT2D eigenvalue weighted by Crippen LogP contribution is 2.22. The number of pyridine rings is 1. The third-order valence-corrected chi connectivity index (χ3v) is 3.76. The molecular formula is C14H8N4OS. The molecule has 1 aromatic carbocycles. The minimum atomic E-state index is -0.194. The maximum Gasteiger partial charge on any atom is 0.248 e. The molecule has 5 nitrogen and oxygen atoms in total. The number of hydrogen-bond acceptors (Lipinski definition) is 5. The maximum absolute atomic E-state index is 12.5. The zero-order chi connectivity index (χ0) is 13.5. The van der Waals surface area contributed by atoms with Gasteiger partial charge in [0.1, 0.15) is 5.69 Å². The van der Waals surface area contributed by atoms with Crippen molar-refractivity contribution in [3.05, 3.63) is 60.2 Å². The Balaban J connectivity index is 1.98. The number of rotatable bonds is 2. The largest absolute Gasteiger partial charge is 0.283 e. The second kappa shape index (κ2) is 4.21. The van der Waals surface area contributed by atoms with Crippen molar-refractivity contribution in [2.45, 2.75) is 0 Å². The molecule has 4 aromatic rings. The van der Waals surface area contributed by atoms with E-state index in [9.17, 15) is 4.79 Å². The highest BCUT2D eigenvalue weighted by atomic mass is 32.1. The van der Waals surface area contributed by atoms with Crippen LogP contribution in [0.25, 0.3) is 16.0 Å². The molecule has 0 unspecified atom stereocenters. The molecule has 20 heavy (non-hydrogen) atoms. The Hall–Kier alpha value is -2.60. The normalized spacial score (nSPS) is 11.2. The lowest BCUT2D eigenvalue weighted by molar-refractivity contribution is 0.102. The van der Waals surface area contributed by atoms with Crippen molar-refractivity contribution in [3.63, 3.8) is 0 Å². The first-order chi connectivity index (χ1) is 9.84. The third kappa shape index (κ3) is 1.55. The van der Waals surface area contributed by atoms with Crippen molar-refractivity contribution < 1.29 is 4.79 Å². The van der Waals surface area contributed by atoms with Gasteiger partial charge in [0.05, 0.1) is 11.0 Å². The first-order valence-corrected chi connectivity index (χ1v) is 6.80. The molecule has 0 atom stereocenters. The number of para-hydroxylation sites is 2. The fourth-order valence-corrected chi connectivity index (χ4v) is 2.89. The standard InChI is InChI=1S/C14H8N4OS/c19-12(10-6-3-4-8-15-10)13-17-20-14-16-9-5-1-2-7-11(9)18(13)14/h1-8H. The highest BCUT2D eigenvalue weighted by Gasteiger charge is 2.20. The monoisotopic (exact) mass is 280 g/mol. The molecule has 6 heteroatoms. The summed E-state index contributed by atoms with van der Waals surface area (Å²) < 4.78 is 6.02. The van der Waals surface area contributed by atoms with Crippen LogP contribution in [0.15, 0.2) is 48.7 Å². The summed E-state index contributed by atoms with van der Waals surface area (Å²) in [7, 11) is 0. The second-order valence-corrected chi connectivity index (χ2v) is 5.00. The predicted octanol–water partition coefficient (Wildman–Crippen LogP) is 2.57. The van der Waals surface area contributed by atoms with Crippen LogP contribution in [0.5, 0.6) is 0 Å². The average molecular weight is 280 g/mol. The molecule has 0 aliphatic carbocycles. The van der Waals surface area contributed by atoms with Crippen LogP contribution in [0.1, 0.15) is 16.3 Å². The Bertz CT molecular complexity index is 926. The number of hydrogen-bond donors (Lipinski definition) is 0. The summed E-state index contributed by atoms with van der Waals surface area (Å²) >= 11 is 1.22. The van der Waals surface area contributed by atoms with Crippen molar-refractivity contribution in [2.24, 2.45) is 0 Å². The van der Waals surface area contributed by atoms with Gasteiger partial charge in [-0.3, -0.25) is 14.2 Å². The Morgan fingerprint density at radius 2 is 1.95 bits per heavy atom. The first-order valence-electron chi connectivity index (χ1n) is 6.03. The number of ketones is 1. The summed E-state index contributed by atoms with van der Waals surface area (Å²) in [4.78, 5) is 21.8. The van der Waals surface area contributed by atoms with Crippen LogP contribution in [0.2, 0.25) is 0 Å². The van der Waals surface area contributed by atoms with E-state index in [2.05, 4.69) is 14.3 Å². The number of imidazole rings is 1. The molecule has 0 N–H and O–H groups in total. The highest BCUT2D eigenvalue weighted by molar-refractivity contribution is 7.11. The molecular weight excluding hydrogens is 272 g/mol. The number of fused-ring (bicyclic) bond motifs is 3. The van der Waals surface area contributed by atoms with Gasteiger partial charge in [0.2, 0.25) is 16.6 Å². The summed E-state index contributed by atoms with van der Waals surface area (Å²) in [6.07, 6.45) is 1.60. The molecule has 0 aliphatic heterocycles. The number of nitrogens with zero attached hydrogens (tertiary/aromatic N) is 4. The van der Waals surface area contributed by atoms with Crippen LogP contribution in [-0.4, -0.2) is 24.5 Å². The van der Waals surface area contributed by atoms with Gasteiger partial charge < -0.3 is 0 Å². The molecule has 0 spiro atoms. The average Bonchev–Trinajstić information content (AvgIpc) is 3.06. The Labute approximate surface area is 117 Å². The van der Waals surface area contributed by atoms with Crippen LogP contribution >= 0.6 is 11.5 Å². The molecule has 3 aromatic heterocycles. The van der Waals surface area contributed by atoms with E-state index >= 15 is 0 Å². The van der Waals surface area contributed by atoms with Crippen LogP contribution in [0.4, 0.5) is 0 Å². The topological polar surface area (TPSA) is 60.2 Å². The third-order valence-electron chi connectivity index (χ3n) is 3.06. The molecule has 0 aliphatic rings. The van der Waals surface area contributed by atoms with Crippen molar-refractivity contribution in [1.29, 1.82) is 0 Å². The Morgan fingerprint density at radius 1 is 1.10 bits per heavy atom. The summed E-state index contributed by atoms with van der Waals surface area (Å²) in [6.45, 7) is 0. The molecule has 0 amide bonds. The van der Waals surface area contributed by atoms with Crippen LogP contribution in [0, 0.1) is 0 Å². The molecule has 0 saturated heterocycles. The van der Waals surface area contributed by atoms with E-state index in [1.807, 2.05) is 24.3 Å². The number of carbonyl (C=O) groups excluding carboxylic acids is 1. The van der Waals surface area contributed by atoms with Gasteiger partial charge in [0.15, 0.2) is 0 Å². The summed E-state index contributed by atoms with van der Waals surface area (Å²) in [5, 5.41) is 0. The number of benzene rings is 1. The molecule has 0 radical (unpaired) electrons. The van der Waals surface area contributed by atoms with Gasteiger partial charge in [-0.1, -0.05) is 18.2 Å². The van der Waals surface area contributed by atoms with E-state index in [4.69, 9.17) is 0 Å². The second-order valence-electron chi connectivity index (χ2n) is 4.27. The lowest BCUT2D eigenvalue weighted by atomic mass is 10.2. The first kappa shape index (κ1) is 11.2. The molecule has 96 valence electrons. The lowest BCUT2D eigenvalue weighted by Gasteiger charge is -1.98. The molecule has 0 bridgehead atoms. The zero-order valence-corrected chi connectivity index (χ0v) is 11.0. The van der Waals surface area contributed by atoms with Crippen LogP contribution in [-0.2, 0) is 0 Å². The van der Waals surface area contributed by atoms with E-state index in [0.29, 0.717) is 16.5 Å². The Morgan fingerprint density at radius 3 is 2.80 bits per heavy atom. The minimum absolute atomic E-state index is 0.194. The van der Waals surface area contributed by atoms with E-state index < -0.39 is 0 Å². The molecule has 4 rings (SSSR count). The van der Waals surface area contributed by atoms with E-state index in [-0.39, 0.29) is 5.78 Å². The van der Waals surface area contributed by atoms with E-state index in [0.717, 1.165) is 11.0 Å². The van der Waals surface area contributed by atoms with Gasteiger partial charge >= 0.3 is 0 Å². The fourth-order valence-electron chi connectivity index (χ4n) is 2.15. The predicted molar refractivity (Wildman–Crippen MR) is 76.0 cm³/mol. The SMILES string of the molecule is O=C(c1ccccn1)c1nsc2nc3ccccc3n12. The van der Waals surface area contributed by atoms with Crippen molar-refractivity contribution in [2.75, 3.05) is 0 Å². The smallest absolute Gasteiger partial charge is 0.248 e. The van der Waals surface area contributed by atoms with Crippen molar-refractivity contribution in [1.82, 2.24) is 18.7 Å². The van der Waals surface area contributed by atoms with Gasteiger partial charge in [-0.25, -0.2) is 4.98 Å². The molecule has 0 saturated carbocycles. The van der Waals surface area contributed by atoms with Gasteiger partial charge in [-0.15, -0.1) is 0 Å². The van der Waals surface area contributed by atoms with Crippen LogP contribution in [0.3, 0.4) is 0 Å². The zero-order valence-electron chi connectivity index (χ0n) is 10.2. The summed E-state index contributed by atoms with van der Waals surface area (Å²) in [6, 6.07) is 12.9. The fraction of sp³-hybridized carbons (Fsp3) is 0. The van der Waals surface area contributed by atoms with Crippen molar-refractivity contribution in [3.8, 4) is 0 Å². The van der Waals surface area contributed by atoms with Gasteiger partial charge in [-0.2, -0.15) is 4.37 Å². The molecule has 0 fully saturated rings. The van der Waals surface area contributed by atoms with Crippen LogP contribution < -0.4 is 0 Å². The van der Waals surface area contributed by atoms with Gasteiger partial charge in [-0.05, 0) is 24.3 Å². The molecule has 3 heterocycles. The minimum Gasteiger partial charge on any atom is -0.283 e. The maximum atomic E-state index is 12.5. The summed E-state index contributed by atoms with van der Waals surface area (Å²) in [5.74, 6) is 0.164. The van der Waals surface area contributed by atoms with E-state index in [1.54, 1.807) is 28.8 Å². The Kier molecular flexibility index (Phi) is 2.37. The van der Waals surface area contributed by atoms with Gasteiger partial charge in [0, 0.05) is 17.7 Å². The van der Waals surface area contributed by atoms with Gasteiger partial charge in [0.25, 0.3) is 0 Å². The summed E-state index contributed by atoms with van der Waals surface area (Å²) in [5.41, 5.74) is 2.13. The number of aromatic nitrogens is 4. The van der Waals surface area contributed by atoms with Crippen molar-refractivity contribution >= 4 is 33.3 Å².